The zero-order valence-electron chi connectivity index (χ0n) is 12.1. The molecule has 0 spiro atoms. The zero-order chi connectivity index (χ0) is 14.6. The van der Waals surface area contributed by atoms with Gasteiger partial charge in [-0.15, -0.1) is 0 Å². The monoisotopic (exact) mass is 278 g/mol. The summed E-state index contributed by atoms with van der Waals surface area (Å²) in [6.45, 7) is 4.32. The Kier molecular flexibility index (Phi) is 4.49. The Labute approximate surface area is 119 Å². The van der Waals surface area contributed by atoms with E-state index in [-0.39, 0.29) is 11.3 Å². The lowest BCUT2D eigenvalue weighted by molar-refractivity contribution is 0.0238. The van der Waals surface area contributed by atoms with Gasteiger partial charge in [0, 0.05) is 19.8 Å². The molecule has 0 atom stereocenters. The normalized spacial score (nSPS) is 17.5. The lowest BCUT2D eigenvalue weighted by Crippen LogP contribution is -2.39. The van der Waals surface area contributed by atoms with Gasteiger partial charge in [-0.05, 0) is 30.4 Å². The predicted molar refractivity (Wildman–Crippen MR) is 77.9 cm³/mol. The number of nitrogens with two attached hydrogens (primary N) is 1. The van der Waals surface area contributed by atoms with Crippen molar-refractivity contribution in [1.82, 2.24) is 5.32 Å². The molecular formula is C15H22N2O3. The first-order chi connectivity index (χ1) is 9.56. The number of hydrogen-bond acceptors (Lipinski definition) is 4. The molecule has 0 bridgehead atoms. The second-order valence-corrected chi connectivity index (χ2v) is 5.53. The lowest BCUT2D eigenvalue weighted by atomic mass is 9.82. The van der Waals surface area contributed by atoms with Gasteiger partial charge in [0.15, 0.2) is 0 Å². The van der Waals surface area contributed by atoms with Gasteiger partial charge in [-0.2, -0.15) is 0 Å². The Morgan fingerprint density at radius 1 is 1.45 bits per heavy atom. The van der Waals surface area contributed by atoms with Crippen molar-refractivity contribution < 1.29 is 14.3 Å². The van der Waals surface area contributed by atoms with Gasteiger partial charge in [-0.3, -0.25) is 4.79 Å². The summed E-state index contributed by atoms with van der Waals surface area (Å²) in [5.74, 6) is 0.365. The molecule has 1 aliphatic heterocycles. The van der Waals surface area contributed by atoms with E-state index in [0.29, 0.717) is 23.5 Å². The van der Waals surface area contributed by atoms with Crippen molar-refractivity contribution in [3.63, 3.8) is 0 Å². The van der Waals surface area contributed by atoms with Crippen LogP contribution in [0.3, 0.4) is 0 Å². The second-order valence-electron chi connectivity index (χ2n) is 5.53. The molecule has 1 amide bonds. The number of para-hydroxylation sites is 1. The molecule has 20 heavy (non-hydrogen) atoms. The van der Waals surface area contributed by atoms with Crippen LogP contribution < -0.4 is 15.8 Å². The Hall–Kier alpha value is -1.75. The van der Waals surface area contributed by atoms with Gasteiger partial charge in [-0.25, -0.2) is 0 Å². The van der Waals surface area contributed by atoms with E-state index in [4.69, 9.17) is 15.2 Å². The van der Waals surface area contributed by atoms with Crippen LogP contribution in [-0.4, -0.2) is 32.8 Å². The fraction of sp³-hybridized carbons (Fsp3) is 0.533. The van der Waals surface area contributed by atoms with Gasteiger partial charge in [0.1, 0.15) is 5.75 Å². The average molecular weight is 278 g/mol. The van der Waals surface area contributed by atoms with Crippen molar-refractivity contribution in [3.8, 4) is 5.75 Å². The van der Waals surface area contributed by atoms with E-state index in [0.717, 1.165) is 26.1 Å². The summed E-state index contributed by atoms with van der Waals surface area (Å²) >= 11 is 0. The molecular weight excluding hydrogens is 256 g/mol. The van der Waals surface area contributed by atoms with E-state index >= 15 is 0 Å². The number of hydrogen-bond donors (Lipinski definition) is 2. The molecule has 3 N–H and O–H groups in total. The standard InChI is InChI=1S/C15H22N2O3/c1-15(6-8-20-9-7-15)10-17-14(18)11-4-3-5-12(19-2)13(11)16/h3-5H,6-10,16H2,1-2H3,(H,17,18). The van der Waals surface area contributed by atoms with E-state index in [2.05, 4.69) is 12.2 Å². The van der Waals surface area contributed by atoms with E-state index < -0.39 is 0 Å². The minimum Gasteiger partial charge on any atom is -0.495 e. The summed E-state index contributed by atoms with van der Waals surface area (Å²) in [6.07, 6.45) is 1.92. The van der Waals surface area contributed by atoms with Gasteiger partial charge in [0.2, 0.25) is 0 Å². The topological polar surface area (TPSA) is 73.6 Å². The molecule has 1 aromatic rings. The number of amides is 1. The van der Waals surface area contributed by atoms with Crippen molar-refractivity contribution in [2.45, 2.75) is 19.8 Å². The minimum atomic E-state index is -0.158. The van der Waals surface area contributed by atoms with E-state index in [1.165, 1.54) is 7.11 Å². The molecule has 0 unspecified atom stereocenters. The molecule has 5 heteroatoms. The highest BCUT2D eigenvalue weighted by Crippen LogP contribution is 2.29. The van der Waals surface area contributed by atoms with Gasteiger partial charge >= 0.3 is 0 Å². The molecule has 0 aliphatic carbocycles. The van der Waals surface area contributed by atoms with Gasteiger partial charge in [0.25, 0.3) is 5.91 Å². The van der Waals surface area contributed by atoms with Crippen LogP contribution >= 0.6 is 0 Å². The first-order valence-electron chi connectivity index (χ1n) is 6.84. The quantitative estimate of drug-likeness (QED) is 0.824. The third kappa shape index (κ3) is 3.22. The van der Waals surface area contributed by atoms with Crippen molar-refractivity contribution in [1.29, 1.82) is 0 Å². The summed E-state index contributed by atoms with van der Waals surface area (Å²) in [4.78, 5) is 12.2. The maximum Gasteiger partial charge on any atom is 0.253 e. The van der Waals surface area contributed by atoms with Crippen LogP contribution in [-0.2, 0) is 4.74 Å². The molecule has 0 saturated carbocycles. The zero-order valence-corrected chi connectivity index (χ0v) is 12.1. The summed E-state index contributed by atoms with van der Waals surface area (Å²) in [6, 6.07) is 5.21. The van der Waals surface area contributed by atoms with Crippen LogP contribution in [0.15, 0.2) is 18.2 Å². The van der Waals surface area contributed by atoms with Crippen LogP contribution in [0.4, 0.5) is 5.69 Å². The number of anilines is 1. The highest BCUT2D eigenvalue weighted by Gasteiger charge is 2.28. The lowest BCUT2D eigenvalue weighted by Gasteiger charge is -2.33. The number of ether oxygens (including phenoxy) is 2. The Morgan fingerprint density at radius 3 is 2.80 bits per heavy atom. The molecule has 1 aliphatic rings. The summed E-state index contributed by atoms with van der Waals surface area (Å²) in [5.41, 5.74) is 6.87. The number of methoxy groups -OCH3 is 1. The fourth-order valence-electron chi connectivity index (χ4n) is 2.35. The van der Waals surface area contributed by atoms with Crippen molar-refractivity contribution in [2.24, 2.45) is 5.41 Å². The predicted octanol–water partition coefficient (Wildman–Crippen LogP) is 1.82. The van der Waals surface area contributed by atoms with Gasteiger partial charge < -0.3 is 20.5 Å². The van der Waals surface area contributed by atoms with E-state index in [1.807, 2.05) is 0 Å². The molecule has 1 aromatic carbocycles. The molecule has 5 nitrogen and oxygen atoms in total. The van der Waals surface area contributed by atoms with Crippen LogP contribution in [0, 0.1) is 5.41 Å². The largest absolute Gasteiger partial charge is 0.495 e. The maximum absolute atomic E-state index is 12.2. The van der Waals surface area contributed by atoms with Crippen molar-refractivity contribution in [3.05, 3.63) is 23.8 Å². The fourth-order valence-corrected chi connectivity index (χ4v) is 2.35. The first-order valence-corrected chi connectivity index (χ1v) is 6.84. The van der Waals surface area contributed by atoms with E-state index in [9.17, 15) is 4.79 Å². The number of nitrogens with one attached hydrogen (secondary N) is 1. The first kappa shape index (κ1) is 14.7. The third-order valence-electron chi connectivity index (χ3n) is 3.91. The van der Waals surface area contributed by atoms with Crippen molar-refractivity contribution in [2.75, 3.05) is 32.6 Å². The van der Waals surface area contributed by atoms with Crippen LogP contribution in [0.5, 0.6) is 5.75 Å². The van der Waals surface area contributed by atoms with Crippen LogP contribution in [0.1, 0.15) is 30.1 Å². The van der Waals surface area contributed by atoms with Crippen LogP contribution in [0.2, 0.25) is 0 Å². The minimum absolute atomic E-state index is 0.0987. The molecule has 1 fully saturated rings. The van der Waals surface area contributed by atoms with Gasteiger partial charge in [0.05, 0.1) is 18.4 Å². The molecule has 0 aromatic heterocycles. The smallest absolute Gasteiger partial charge is 0.253 e. The SMILES string of the molecule is COc1cccc(C(=O)NCC2(C)CCOCC2)c1N. The van der Waals surface area contributed by atoms with Crippen molar-refractivity contribution >= 4 is 11.6 Å². The molecule has 1 heterocycles. The number of benzene rings is 1. The average Bonchev–Trinajstić information content (AvgIpc) is 2.46. The van der Waals surface area contributed by atoms with Gasteiger partial charge in [-0.1, -0.05) is 13.0 Å². The highest BCUT2D eigenvalue weighted by atomic mass is 16.5. The molecule has 110 valence electrons. The highest BCUT2D eigenvalue weighted by molar-refractivity contribution is 6.00. The summed E-state index contributed by atoms with van der Waals surface area (Å²) in [5, 5.41) is 2.97. The number of carbonyl (C=O) groups is 1. The maximum atomic E-state index is 12.2. The third-order valence-corrected chi connectivity index (χ3v) is 3.91. The Morgan fingerprint density at radius 2 is 2.15 bits per heavy atom. The summed E-state index contributed by atoms with van der Waals surface area (Å²) < 4.78 is 10.5. The Balaban J connectivity index is 2.01. The molecule has 2 rings (SSSR count). The molecule has 1 saturated heterocycles. The second kappa shape index (κ2) is 6.13. The number of carbonyl (C=O) groups excluding carboxylic acids is 1. The number of nitrogen functional groups attached to an aromatic ring is 1. The number of rotatable bonds is 4. The Bertz CT molecular complexity index is 482. The summed E-state index contributed by atoms with van der Waals surface area (Å²) in [7, 11) is 1.54. The van der Waals surface area contributed by atoms with Crippen LogP contribution in [0.25, 0.3) is 0 Å². The van der Waals surface area contributed by atoms with E-state index in [1.54, 1.807) is 18.2 Å². The molecule has 0 radical (unpaired) electrons.